The number of hydrogen-bond donors (Lipinski definition) is 0. The summed E-state index contributed by atoms with van der Waals surface area (Å²) in [4.78, 5) is 14.1. The van der Waals surface area contributed by atoms with Crippen molar-refractivity contribution >= 4 is 5.97 Å². The quantitative estimate of drug-likeness (QED) is 0.667. The van der Waals surface area contributed by atoms with Gasteiger partial charge < -0.3 is 4.74 Å². The Kier molecular flexibility index (Phi) is 2.53. The van der Waals surface area contributed by atoms with Crippen LogP contribution in [0.4, 0.5) is 0 Å². The fourth-order valence-electron chi connectivity index (χ4n) is 2.62. The summed E-state index contributed by atoms with van der Waals surface area (Å²) >= 11 is 0. The first-order valence-corrected chi connectivity index (χ1v) is 5.84. The first-order chi connectivity index (χ1) is 7.00. The van der Waals surface area contributed by atoms with Crippen LogP contribution in [0.3, 0.4) is 0 Å². The molecule has 0 bridgehead atoms. The summed E-state index contributed by atoms with van der Waals surface area (Å²) in [5.41, 5.74) is 0.111. The lowest BCUT2D eigenvalue weighted by Crippen LogP contribution is -2.43. The molecule has 0 aromatic rings. The minimum absolute atomic E-state index is 0.00907. The van der Waals surface area contributed by atoms with Gasteiger partial charge >= 0.3 is 5.97 Å². The molecule has 1 aliphatic heterocycles. The Bertz CT molecular complexity index is 269. The lowest BCUT2D eigenvalue weighted by molar-refractivity contribution is -0.148. The van der Waals surface area contributed by atoms with Crippen LogP contribution in [0.2, 0.25) is 0 Å². The zero-order valence-electron chi connectivity index (χ0n) is 10.0. The molecule has 0 radical (unpaired) electrons. The van der Waals surface area contributed by atoms with E-state index < -0.39 is 0 Å². The van der Waals surface area contributed by atoms with Gasteiger partial charge in [0.05, 0.1) is 12.5 Å². The van der Waals surface area contributed by atoms with Crippen LogP contribution in [-0.2, 0) is 9.53 Å². The van der Waals surface area contributed by atoms with Crippen LogP contribution in [0.1, 0.15) is 39.5 Å². The lowest BCUT2D eigenvalue weighted by Gasteiger charge is -2.33. The molecule has 3 nitrogen and oxygen atoms in total. The second-order valence-corrected chi connectivity index (χ2v) is 5.61. The van der Waals surface area contributed by atoms with Gasteiger partial charge in [-0.05, 0) is 46.1 Å². The van der Waals surface area contributed by atoms with Crippen LogP contribution in [0, 0.1) is 5.41 Å². The van der Waals surface area contributed by atoms with Crippen LogP contribution < -0.4 is 0 Å². The van der Waals surface area contributed by atoms with Crippen molar-refractivity contribution < 1.29 is 9.53 Å². The molecule has 1 heterocycles. The van der Waals surface area contributed by atoms with E-state index in [-0.39, 0.29) is 16.9 Å². The summed E-state index contributed by atoms with van der Waals surface area (Å²) in [5.74, 6) is -0.00907. The van der Waals surface area contributed by atoms with E-state index in [0.29, 0.717) is 0 Å². The third-order valence-corrected chi connectivity index (χ3v) is 4.04. The Morgan fingerprint density at radius 2 is 2.00 bits per heavy atom. The molecule has 1 saturated heterocycles. The second-order valence-electron chi connectivity index (χ2n) is 5.61. The van der Waals surface area contributed by atoms with Gasteiger partial charge in [0, 0.05) is 12.1 Å². The van der Waals surface area contributed by atoms with Crippen LogP contribution in [0.15, 0.2) is 0 Å². The molecular weight excluding hydrogens is 190 g/mol. The molecular formula is C12H21NO2. The van der Waals surface area contributed by atoms with Crippen molar-refractivity contribution in [2.45, 2.75) is 45.1 Å². The van der Waals surface area contributed by atoms with Gasteiger partial charge in [-0.3, -0.25) is 9.69 Å². The monoisotopic (exact) mass is 211 g/mol. The molecule has 2 aliphatic rings. The molecule has 1 saturated carbocycles. The van der Waals surface area contributed by atoms with Crippen molar-refractivity contribution in [2.75, 3.05) is 20.2 Å². The lowest BCUT2D eigenvalue weighted by atomic mass is 9.99. The number of methoxy groups -OCH3 is 1. The molecule has 2 fully saturated rings. The number of esters is 1. The summed E-state index contributed by atoms with van der Waals surface area (Å²) in [6, 6.07) is 0. The molecule has 1 aliphatic carbocycles. The van der Waals surface area contributed by atoms with Gasteiger partial charge in [-0.2, -0.15) is 0 Å². The molecule has 86 valence electrons. The van der Waals surface area contributed by atoms with Crippen molar-refractivity contribution in [3.63, 3.8) is 0 Å². The number of rotatable bonds is 3. The van der Waals surface area contributed by atoms with E-state index in [2.05, 4.69) is 18.7 Å². The number of carbonyl (C=O) groups excluding carboxylic acids is 1. The molecule has 0 atom stereocenters. The predicted octanol–water partition coefficient (Wildman–Crippen LogP) is 1.81. The Labute approximate surface area is 91.8 Å². The van der Waals surface area contributed by atoms with Gasteiger partial charge in [0.1, 0.15) is 0 Å². The molecule has 0 aromatic heterocycles. The highest BCUT2D eigenvalue weighted by molar-refractivity contribution is 5.80. The topological polar surface area (TPSA) is 29.5 Å². The van der Waals surface area contributed by atoms with Crippen LogP contribution in [-0.4, -0.2) is 36.6 Å². The van der Waals surface area contributed by atoms with Gasteiger partial charge in [-0.15, -0.1) is 0 Å². The summed E-state index contributed by atoms with van der Waals surface area (Å²) in [5, 5.41) is 0. The van der Waals surface area contributed by atoms with Gasteiger partial charge in [-0.1, -0.05) is 0 Å². The maximum absolute atomic E-state index is 11.6. The van der Waals surface area contributed by atoms with E-state index in [4.69, 9.17) is 4.74 Å². The molecule has 0 N–H and O–H groups in total. The fourth-order valence-corrected chi connectivity index (χ4v) is 2.62. The largest absolute Gasteiger partial charge is 0.469 e. The zero-order chi connectivity index (χ0) is 11.1. The molecule has 15 heavy (non-hydrogen) atoms. The normalized spacial score (nSPS) is 27.7. The average Bonchev–Trinajstić information content (AvgIpc) is 2.89. The fraction of sp³-hybridized carbons (Fsp3) is 0.917. The van der Waals surface area contributed by atoms with Gasteiger partial charge in [0.15, 0.2) is 0 Å². The van der Waals surface area contributed by atoms with E-state index in [1.54, 1.807) is 0 Å². The molecule has 0 unspecified atom stereocenters. The maximum Gasteiger partial charge on any atom is 0.313 e. The first-order valence-electron chi connectivity index (χ1n) is 5.84. The number of carbonyl (C=O) groups is 1. The van der Waals surface area contributed by atoms with E-state index >= 15 is 0 Å². The Hall–Kier alpha value is -0.570. The first kappa shape index (κ1) is 10.9. The number of nitrogens with zero attached hydrogens (tertiary/aromatic N) is 1. The third-order valence-electron chi connectivity index (χ3n) is 4.04. The molecule has 0 aromatic carbocycles. The average molecular weight is 211 g/mol. The highest BCUT2D eigenvalue weighted by Gasteiger charge is 2.53. The summed E-state index contributed by atoms with van der Waals surface area (Å²) in [7, 11) is 1.50. The number of likely N-dealkylation sites (tertiary alicyclic amines) is 1. The van der Waals surface area contributed by atoms with E-state index in [1.807, 2.05) is 0 Å². The summed E-state index contributed by atoms with van der Waals surface area (Å²) in [6.45, 7) is 6.57. The van der Waals surface area contributed by atoms with Gasteiger partial charge in [-0.25, -0.2) is 0 Å². The van der Waals surface area contributed by atoms with E-state index in [9.17, 15) is 4.79 Å². The minimum Gasteiger partial charge on any atom is -0.469 e. The van der Waals surface area contributed by atoms with E-state index in [1.165, 1.54) is 20.0 Å². The van der Waals surface area contributed by atoms with Crippen LogP contribution in [0.5, 0.6) is 0 Å². The van der Waals surface area contributed by atoms with Crippen LogP contribution >= 0.6 is 0 Å². The standard InChI is InChI=1S/C12H21NO2/c1-11(2)5-4-8-13(11)9-12(6-7-12)10(14)15-3/h4-9H2,1-3H3. The second kappa shape index (κ2) is 3.48. The third kappa shape index (κ3) is 1.89. The van der Waals surface area contributed by atoms with Crippen molar-refractivity contribution in [3.05, 3.63) is 0 Å². The Morgan fingerprint density at radius 1 is 1.33 bits per heavy atom. The highest BCUT2D eigenvalue weighted by Crippen LogP contribution is 2.49. The zero-order valence-corrected chi connectivity index (χ0v) is 10.0. The number of hydrogen-bond acceptors (Lipinski definition) is 3. The summed E-state index contributed by atoms with van der Waals surface area (Å²) < 4.78 is 4.89. The molecule has 2 rings (SSSR count). The van der Waals surface area contributed by atoms with Crippen molar-refractivity contribution in [1.82, 2.24) is 4.90 Å². The maximum atomic E-state index is 11.6. The van der Waals surface area contributed by atoms with Gasteiger partial charge in [0.2, 0.25) is 0 Å². The molecule has 0 amide bonds. The molecule has 0 spiro atoms. The van der Waals surface area contributed by atoms with Crippen molar-refractivity contribution in [2.24, 2.45) is 5.41 Å². The smallest absolute Gasteiger partial charge is 0.313 e. The Balaban J connectivity index is 2.00. The predicted molar refractivity (Wildman–Crippen MR) is 58.6 cm³/mol. The van der Waals surface area contributed by atoms with Crippen molar-refractivity contribution in [3.8, 4) is 0 Å². The molecule has 3 heteroatoms. The Morgan fingerprint density at radius 3 is 2.40 bits per heavy atom. The van der Waals surface area contributed by atoms with Crippen LogP contribution in [0.25, 0.3) is 0 Å². The van der Waals surface area contributed by atoms with Crippen molar-refractivity contribution in [1.29, 1.82) is 0 Å². The number of ether oxygens (including phenoxy) is 1. The highest BCUT2D eigenvalue weighted by atomic mass is 16.5. The minimum atomic E-state index is -0.156. The van der Waals surface area contributed by atoms with E-state index in [0.717, 1.165) is 25.9 Å². The summed E-state index contributed by atoms with van der Waals surface area (Å²) in [6.07, 6.45) is 4.51. The SMILES string of the molecule is COC(=O)C1(CN2CCCC2(C)C)CC1. The van der Waals surface area contributed by atoms with Gasteiger partial charge in [0.25, 0.3) is 0 Å².